The Labute approximate surface area is 200 Å². The molecule has 1 aliphatic rings. The van der Waals surface area contributed by atoms with Crippen LogP contribution in [0.25, 0.3) is 0 Å². The molecule has 0 aromatic heterocycles. The van der Waals surface area contributed by atoms with Crippen LogP contribution in [0.2, 0.25) is 0 Å². The predicted molar refractivity (Wildman–Crippen MR) is 132 cm³/mol. The largest absolute Gasteiger partial charge is 0.444 e. The van der Waals surface area contributed by atoms with Crippen molar-refractivity contribution in [2.24, 2.45) is 5.16 Å². The van der Waals surface area contributed by atoms with Crippen LogP contribution in [-0.4, -0.2) is 36.2 Å². The van der Waals surface area contributed by atoms with Gasteiger partial charge in [0.15, 0.2) is 0 Å². The van der Waals surface area contributed by atoms with Crippen molar-refractivity contribution in [3.05, 3.63) is 12.2 Å². The Morgan fingerprint density at radius 1 is 0.970 bits per heavy atom. The van der Waals surface area contributed by atoms with Gasteiger partial charge < -0.3 is 19.6 Å². The molecule has 0 aromatic rings. The van der Waals surface area contributed by atoms with Gasteiger partial charge in [-0.3, -0.25) is 4.79 Å². The highest BCUT2D eigenvalue weighted by Crippen LogP contribution is 2.12. The lowest BCUT2D eigenvalue weighted by Gasteiger charge is -2.21. The summed E-state index contributed by atoms with van der Waals surface area (Å²) >= 11 is 0. The minimum absolute atomic E-state index is 0.0820. The number of nitrogens with one attached hydrogen (secondary N) is 1. The van der Waals surface area contributed by atoms with Crippen LogP contribution in [0.4, 0.5) is 4.79 Å². The highest BCUT2D eigenvalue weighted by atomic mass is 16.7. The number of alkyl carbamates (subject to hydrolysis) is 1. The van der Waals surface area contributed by atoms with Gasteiger partial charge in [0.05, 0.1) is 0 Å². The summed E-state index contributed by atoms with van der Waals surface area (Å²) in [7, 11) is 0. The molecule has 1 rings (SSSR count). The summed E-state index contributed by atoms with van der Waals surface area (Å²) < 4.78 is 10.5. The molecule has 33 heavy (non-hydrogen) atoms. The number of hydrogen-bond donors (Lipinski definition) is 1. The summed E-state index contributed by atoms with van der Waals surface area (Å²) in [6.07, 6.45) is 20.1. The molecular weight excluding hydrogens is 420 g/mol. The lowest BCUT2D eigenvalue weighted by atomic mass is 10.1. The summed E-state index contributed by atoms with van der Waals surface area (Å²) in [5.74, 6) is -0.272. The third kappa shape index (κ3) is 16.2. The van der Waals surface area contributed by atoms with Crippen molar-refractivity contribution < 1.29 is 23.9 Å². The molecule has 0 unspecified atom stereocenters. The van der Waals surface area contributed by atoms with E-state index in [4.69, 9.17) is 14.3 Å². The van der Waals surface area contributed by atoms with Crippen LogP contribution in [0, 0.1) is 0 Å². The van der Waals surface area contributed by atoms with E-state index >= 15 is 0 Å². The maximum absolute atomic E-state index is 12.1. The molecule has 0 fully saturated rings. The maximum Gasteiger partial charge on any atom is 0.408 e. The molecule has 0 spiro atoms. The zero-order chi connectivity index (χ0) is 24.4. The van der Waals surface area contributed by atoms with Crippen molar-refractivity contribution in [2.45, 2.75) is 129 Å². The van der Waals surface area contributed by atoms with Crippen molar-refractivity contribution in [3.8, 4) is 0 Å². The summed E-state index contributed by atoms with van der Waals surface area (Å²) in [4.78, 5) is 28.9. The second kappa shape index (κ2) is 17.4. The Balaban J connectivity index is 2.01. The SMILES string of the molecule is CCCCCCCC/C=C/CCCCCCCC(=O)OC1=NOC[C@H]1NC(=O)OC(C)(C)C. The number of allylic oxidation sites excluding steroid dienone is 2. The molecule has 0 saturated heterocycles. The fraction of sp³-hybridized carbons (Fsp3) is 0.808. The van der Waals surface area contributed by atoms with Crippen LogP contribution < -0.4 is 5.32 Å². The van der Waals surface area contributed by atoms with Gasteiger partial charge in [-0.15, -0.1) is 0 Å². The smallest absolute Gasteiger partial charge is 0.408 e. The van der Waals surface area contributed by atoms with Crippen LogP contribution in [0.15, 0.2) is 17.3 Å². The number of hydrogen-bond acceptors (Lipinski definition) is 6. The van der Waals surface area contributed by atoms with Gasteiger partial charge in [-0.25, -0.2) is 4.79 Å². The summed E-state index contributed by atoms with van der Waals surface area (Å²) in [6.45, 7) is 7.71. The van der Waals surface area contributed by atoms with Gasteiger partial charge in [-0.05, 0) is 58.0 Å². The van der Waals surface area contributed by atoms with Gasteiger partial charge in [-0.2, -0.15) is 0 Å². The van der Waals surface area contributed by atoms with E-state index in [9.17, 15) is 9.59 Å². The first-order chi connectivity index (χ1) is 15.8. The molecule has 0 radical (unpaired) electrons. The molecule has 1 atom stereocenters. The van der Waals surface area contributed by atoms with E-state index in [0.29, 0.717) is 6.42 Å². The third-order valence-electron chi connectivity index (χ3n) is 5.25. The number of nitrogens with zero attached hydrogens (tertiary/aromatic N) is 1. The number of oxime groups is 1. The topological polar surface area (TPSA) is 86.2 Å². The number of carbonyl (C=O) groups excluding carboxylic acids is 2. The van der Waals surface area contributed by atoms with Crippen LogP contribution >= 0.6 is 0 Å². The monoisotopic (exact) mass is 466 g/mol. The van der Waals surface area contributed by atoms with E-state index in [2.05, 4.69) is 29.5 Å². The van der Waals surface area contributed by atoms with Gasteiger partial charge in [-0.1, -0.05) is 70.4 Å². The lowest BCUT2D eigenvalue weighted by Crippen LogP contribution is -2.44. The molecule has 1 N–H and O–H groups in total. The molecule has 1 heterocycles. The van der Waals surface area contributed by atoms with Crippen LogP contribution in [-0.2, 0) is 19.1 Å². The Morgan fingerprint density at radius 2 is 1.55 bits per heavy atom. The van der Waals surface area contributed by atoms with Crippen molar-refractivity contribution >= 4 is 18.0 Å². The molecule has 0 bridgehead atoms. The van der Waals surface area contributed by atoms with Crippen molar-refractivity contribution in [1.29, 1.82) is 0 Å². The zero-order valence-corrected chi connectivity index (χ0v) is 21.3. The number of amides is 1. The molecule has 0 aliphatic carbocycles. The molecule has 7 nitrogen and oxygen atoms in total. The van der Waals surface area contributed by atoms with Crippen molar-refractivity contribution in [1.82, 2.24) is 5.32 Å². The molecular formula is C26H46N2O5. The van der Waals surface area contributed by atoms with Crippen molar-refractivity contribution in [2.75, 3.05) is 6.61 Å². The Hall–Kier alpha value is -2.05. The van der Waals surface area contributed by atoms with E-state index in [0.717, 1.165) is 25.7 Å². The lowest BCUT2D eigenvalue weighted by molar-refractivity contribution is -0.135. The number of carbonyl (C=O) groups is 2. The van der Waals surface area contributed by atoms with Crippen LogP contribution in [0.5, 0.6) is 0 Å². The number of rotatable bonds is 16. The quantitative estimate of drug-likeness (QED) is 0.153. The van der Waals surface area contributed by atoms with E-state index < -0.39 is 17.7 Å². The van der Waals surface area contributed by atoms with Gasteiger partial charge in [0.2, 0.25) is 0 Å². The zero-order valence-electron chi connectivity index (χ0n) is 21.3. The third-order valence-corrected chi connectivity index (χ3v) is 5.25. The minimum Gasteiger partial charge on any atom is -0.444 e. The van der Waals surface area contributed by atoms with E-state index in [1.165, 1.54) is 57.8 Å². The van der Waals surface area contributed by atoms with Crippen LogP contribution in [0.3, 0.4) is 0 Å². The average molecular weight is 467 g/mol. The fourth-order valence-corrected chi connectivity index (χ4v) is 3.46. The normalized spacial score (nSPS) is 15.9. The second-order valence-corrected chi connectivity index (χ2v) is 9.73. The summed E-state index contributed by atoms with van der Waals surface area (Å²) in [5.41, 5.74) is -0.610. The summed E-state index contributed by atoms with van der Waals surface area (Å²) in [5, 5.41) is 6.34. The maximum atomic E-state index is 12.1. The molecule has 0 aromatic carbocycles. The van der Waals surface area contributed by atoms with Crippen LogP contribution in [0.1, 0.15) is 118 Å². The first-order valence-electron chi connectivity index (χ1n) is 12.9. The highest BCUT2D eigenvalue weighted by molar-refractivity contribution is 5.94. The van der Waals surface area contributed by atoms with E-state index in [1.807, 2.05) is 0 Å². The Morgan fingerprint density at radius 3 is 2.15 bits per heavy atom. The van der Waals surface area contributed by atoms with Gasteiger partial charge in [0.25, 0.3) is 5.90 Å². The van der Waals surface area contributed by atoms with Gasteiger partial charge >= 0.3 is 12.1 Å². The van der Waals surface area contributed by atoms with Gasteiger partial charge in [0, 0.05) is 6.42 Å². The Bertz CT molecular complexity index is 610. The molecule has 190 valence electrons. The van der Waals surface area contributed by atoms with E-state index in [-0.39, 0.29) is 18.5 Å². The first kappa shape index (κ1) is 29.0. The number of unbranched alkanes of at least 4 members (excludes halogenated alkanes) is 11. The van der Waals surface area contributed by atoms with E-state index in [1.54, 1.807) is 20.8 Å². The number of esters is 1. The second-order valence-electron chi connectivity index (χ2n) is 9.73. The first-order valence-corrected chi connectivity index (χ1v) is 12.9. The predicted octanol–water partition coefficient (Wildman–Crippen LogP) is 6.80. The standard InChI is InChI=1S/C26H46N2O5/c1-5-6-7-8-9-10-11-12-13-14-15-16-17-18-19-20-23(29)32-24-22(21-31-28-24)27-25(30)33-26(2,3)4/h12-13,22H,5-11,14-21H2,1-4H3,(H,27,30)/b13-12+/t22-/m1/s1. The fourth-order valence-electron chi connectivity index (χ4n) is 3.46. The summed E-state index contributed by atoms with van der Waals surface area (Å²) in [6, 6.07) is -0.613. The highest BCUT2D eigenvalue weighted by Gasteiger charge is 2.30. The Kier molecular flexibility index (Phi) is 15.3. The average Bonchev–Trinajstić information content (AvgIpc) is 3.15. The molecule has 1 amide bonds. The van der Waals surface area contributed by atoms with Crippen molar-refractivity contribution in [3.63, 3.8) is 0 Å². The van der Waals surface area contributed by atoms with Gasteiger partial charge in [0.1, 0.15) is 18.2 Å². The molecule has 0 saturated carbocycles. The molecule has 7 heteroatoms. The number of ether oxygens (including phenoxy) is 2. The molecule has 1 aliphatic heterocycles. The minimum atomic E-state index is -0.613.